The molecule has 5 heteroatoms. The zero-order chi connectivity index (χ0) is 14.8. The van der Waals surface area contributed by atoms with E-state index in [1.165, 1.54) is 25.7 Å². The van der Waals surface area contributed by atoms with Gasteiger partial charge in [0.1, 0.15) is 6.10 Å². The number of hydrogen-bond acceptors (Lipinski definition) is 3. The fourth-order valence-electron chi connectivity index (χ4n) is 2.37. The van der Waals surface area contributed by atoms with E-state index in [0.717, 1.165) is 24.8 Å². The zero-order valence-corrected chi connectivity index (χ0v) is 12.4. The zero-order valence-electron chi connectivity index (χ0n) is 12.4. The van der Waals surface area contributed by atoms with Crippen LogP contribution in [0.4, 0.5) is 0 Å². The lowest BCUT2D eigenvalue weighted by Gasteiger charge is -2.21. The van der Waals surface area contributed by atoms with Gasteiger partial charge in [0.2, 0.25) is 0 Å². The largest absolute Gasteiger partial charge is 0.495 e. The van der Waals surface area contributed by atoms with Crippen LogP contribution in [0.3, 0.4) is 0 Å². The van der Waals surface area contributed by atoms with E-state index in [2.05, 4.69) is 10.9 Å². The summed E-state index contributed by atoms with van der Waals surface area (Å²) in [5, 5.41) is 0. The van der Waals surface area contributed by atoms with E-state index in [-0.39, 0.29) is 12.2 Å². The number of ether oxygens (including phenoxy) is 2. The highest BCUT2D eigenvalue weighted by Gasteiger charge is 2.16. The van der Waals surface area contributed by atoms with Crippen molar-refractivity contribution in [1.82, 2.24) is 0 Å². The van der Waals surface area contributed by atoms with Gasteiger partial charge in [0.15, 0.2) is 0 Å². The van der Waals surface area contributed by atoms with E-state index in [0.29, 0.717) is 6.42 Å². The number of nitrogens with zero attached hydrogens (tertiary/aromatic N) is 2. The van der Waals surface area contributed by atoms with Crippen molar-refractivity contribution in [2.75, 3.05) is 0 Å². The van der Waals surface area contributed by atoms with Gasteiger partial charge in [-0.15, -0.1) is 0 Å². The van der Waals surface area contributed by atoms with Gasteiger partial charge in [-0.2, -0.15) is 4.79 Å². The average Bonchev–Trinajstić information content (AvgIpc) is 2.32. The van der Waals surface area contributed by atoms with Crippen LogP contribution in [0.5, 0.6) is 0 Å². The van der Waals surface area contributed by atoms with E-state index in [1.54, 1.807) is 6.92 Å². The molecule has 0 amide bonds. The molecule has 1 aliphatic carbocycles. The summed E-state index contributed by atoms with van der Waals surface area (Å²) >= 11 is 0. The fourth-order valence-corrected chi connectivity index (χ4v) is 2.37. The number of carbonyl (C=O) groups is 1. The minimum Gasteiger partial charge on any atom is -0.495 e. The van der Waals surface area contributed by atoms with Gasteiger partial charge >= 0.3 is 12.2 Å². The molecular formula is C15H24N2O3. The summed E-state index contributed by atoms with van der Waals surface area (Å²) in [6, 6.07) is 0. The molecule has 1 rings (SSSR count). The lowest BCUT2D eigenvalue weighted by molar-refractivity contribution is -0.144. The molecule has 0 saturated carbocycles. The Balaban J connectivity index is 2.35. The number of rotatable bonds is 6. The summed E-state index contributed by atoms with van der Waals surface area (Å²) in [5.41, 5.74) is 8.23. The Morgan fingerprint density at radius 2 is 2.10 bits per heavy atom. The molecule has 0 saturated heterocycles. The molecule has 0 aromatic rings. The molecule has 20 heavy (non-hydrogen) atoms. The molecule has 0 heterocycles. The van der Waals surface area contributed by atoms with Crippen LogP contribution >= 0.6 is 0 Å². The van der Waals surface area contributed by atoms with Gasteiger partial charge in [0, 0.05) is 12.8 Å². The van der Waals surface area contributed by atoms with Gasteiger partial charge in [0.25, 0.3) is 0 Å². The molecule has 0 unspecified atom stereocenters. The highest BCUT2D eigenvalue weighted by Crippen LogP contribution is 2.20. The molecule has 0 aromatic heterocycles. The van der Waals surface area contributed by atoms with Crippen LogP contribution in [-0.2, 0) is 14.3 Å². The van der Waals surface area contributed by atoms with Crippen LogP contribution in [0.1, 0.15) is 58.8 Å². The summed E-state index contributed by atoms with van der Waals surface area (Å²) < 4.78 is 11.0. The van der Waals surface area contributed by atoms with Crippen LogP contribution in [0.25, 0.3) is 5.53 Å². The minimum absolute atomic E-state index is 0.00505. The number of allylic oxidation sites excluding steroid dienone is 2. The maximum Gasteiger partial charge on any atom is 0.413 e. The van der Waals surface area contributed by atoms with Gasteiger partial charge < -0.3 is 15.0 Å². The van der Waals surface area contributed by atoms with Crippen LogP contribution < -0.4 is 0 Å². The number of esters is 1. The van der Waals surface area contributed by atoms with Crippen LogP contribution in [-0.4, -0.2) is 29.2 Å². The first-order valence-corrected chi connectivity index (χ1v) is 7.35. The first-order valence-electron chi connectivity index (χ1n) is 7.35. The van der Waals surface area contributed by atoms with Crippen molar-refractivity contribution in [3.63, 3.8) is 0 Å². The first kappa shape index (κ1) is 16.4. The van der Waals surface area contributed by atoms with E-state index in [9.17, 15) is 4.79 Å². The summed E-state index contributed by atoms with van der Waals surface area (Å²) in [4.78, 5) is 13.8. The molecule has 1 aliphatic rings. The van der Waals surface area contributed by atoms with E-state index >= 15 is 0 Å². The topological polar surface area (TPSA) is 71.9 Å². The highest BCUT2D eigenvalue weighted by molar-refractivity contribution is 6.20. The third-order valence-electron chi connectivity index (χ3n) is 3.25. The summed E-state index contributed by atoms with van der Waals surface area (Å²) in [6.45, 7) is 3.78. The van der Waals surface area contributed by atoms with Crippen LogP contribution in [0.15, 0.2) is 11.8 Å². The Morgan fingerprint density at radius 1 is 1.35 bits per heavy atom. The third kappa shape index (κ3) is 7.10. The molecule has 0 bridgehead atoms. The summed E-state index contributed by atoms with van der Waals surface area (Å²) in [6.07, 6.45) is 10.3. The van der Waals surface area contributed by atoms with E-state index in [1.807, 2.05) is 6.92 Å². The predicted molar refractivity (Wildman–Crippen MR) is 76.2 cm³/mol. The standard InChI is InChI=1S/C15H24N2O3/c1-12(10-13(2)20-15(18)11-17-16)19-14-8-6-4-3-5-7-9-14/h8,11-13H,3-7,9-10H2,1-2H3/b14-8+/t12-,13-/m1/s1. The highest BCUT2D eigenvalue weighted by atomic mass is 16.5. The molecule has 5 nitrogen and oxygen atoms in total. The SMILES string of the molecule is C[C@H](C[C@@H](C)O/C1=C/CCCCCC1)OC(=O)C=[N+]=[N-]. The second kappa shape index (κ2) is 9.32. The number of hydrogen-bond donors (Lipinski definition) is 0. The van der Waals surface area contributed by atoms with E-state index in [4.69, 9.17) is 15.0 Å². The van der Waals surface area contributed by atoms with Gasteiger partial charge in [-0.05, 0) is 39.2 Å². The molecule has 2 atom stereocenters. The van der Waals surface area contributed by atoms with Crippen molar-refractivity contribution in [3.05, 3.63) is 17.4 Å². The smallest absolute Gasteiger partial charge is 0.413 e. The van der Waals surface area contributed by atoms with Gasteiger partial charge in [-0.1, -0.05) is 12.8 Å². The summed E-state index contributed by atoms with van der Waals surface area (Å²) in [7, 11) is 0. The van der Waals surface area contributed by atoms with E-state index < -0.39 is 5.97 Å². The van der Waals surface area contributed by atoms with Crippen LogP contribution in [0.2, 0.25) is 0 Å². The average molecular weight is 280 g/mol. The van der Waals surface area contributed by atoms with Crippen molar-refractivity contribution in [3.8, 4) is 0 Å². The molecule has 0 aliphatic heterocycles. The van der Waals surface area contributed by atoms with Crippen molar-refractivity contribution in [2.45, 2.75) is 71.0 Å². The molecular weight excluding hydrogens is 256 g/mol. The molecule has 0 radical (unpaired) electrons. The molecule has 0 fully saturated rings. The Hall–Kier alpha value is -1.61. The monoisotopic (exact) mass is 280 g/mol. The van der Waals surface area contributed by atoms with Crippen molar-refractivity contribution >= 4 is 12.2 Å². The lowest BCUT2D eigenvalue weighted by Crippen LogP contribution is -2.22. The fraction of sp³-hybridized carbons (Fsp3) is 0.733. The van der Waals surface area contributed by atoms with Gasteiger partial charge in [-0.3, -0.25) is 0 Å². The Morgan fingerprint density at radius 3 is 2.85 bits per heavy atom. The molecule has 112 valence electrons. The third-order valence-corrected chi connectivity index (χ3v) is 3.25. The first-order chi connectivity index (χ1) is 9.61. The molecule has 0 N–H and O–H groups in total. The molecule has 0 spiro atoms. The summed E-state index contributed by atoms with van der Waals surface area (Å²) in [5.74, 6) is 0.421. The second-order valence-electron chi connectivity index (χ2n) is 5.28. The normalized spacial score (nSPS) is 21.2. The van der Waals surface area contributed by atoms with Crippen molar-refractivity contribution < 1.29 is 19.1 Å². The Labute approximate surface area is 120 Å². The Kier molecular flexibility index (Phi) is 7.66. The van der Waals surface area contributed by atoms with Crippen molar-refractivity contribution in [1.29, 1.82) is 0 Å². The van der Waals surface area contributed by atoms with Crippen LogP contribution in [0, 0.1) is 0 Å². The predicted octanol–water partition coefficient (Wildman–Crippen LogP) is 3.25. The maximum atomic E-state index is 11.1. The van der Waals surface area contributed by atoms with Gasteiger partial charge in [0.05, 0.1) is 11.9 Å². The van der Waals surface area contributed by atoms with Gasteiger partial charge in [-0.25, -0.2) is 4.79 Å². The Bertz CT molecular complexity index is 387. The maximum absolute atomic E-state index is 11.1. The number of carbonyl (C=O) groups excluding carboxylic acids is 1. The molecule has 0 aromatic carbocycles. The van der Waals surface area contributed by atoms with Crippen molar-refractivity contribution in [2.24, 2.45) is 0 Å². The lowest BCUT2D eigenvalue weighted by atomic mass is 10.0. The quantitative estimate of drug-likeness (QED) is 0.324. The second-order valence-corrected chi connectivity index (χ2v) is 5.28. The minimum atomic E-state index is -0.641.